The standard InChI is InChI=1S/C13H23NO4/c1-10-12(4-8-17-10)13(16)14-5-2-11(3-6-14)18-9-7-15/h10-12,15H,2-9H2,1H3. The minimum atomic E-state index is 0.0416. The number of likely N-dealkylation sites (tertiary alicyclic amines) is 1. The van der Waals surface area contributed by atoms with Crippen LogP contribution in [0.25, 0.3) is 0 Å². The zero-order valence-corrected chi connectivity index (χ0v) is 11.0. The van der Waals surface area contributed by atoms with Crippen molar-refractivity contribution in [2.24, 2.45) is 5.92 Å². The molecule has 0 aromatic rings. The Morgan fingerprint density at radius 2 is 2.11 bits per heavy atom. The van der Waals surface area contributed by atoms with Gasteiger partial charge in [0.2, 0.25) is 5.91 Å². The lowest BCUT2D eigenvalue weighted by Gasteiger charge is -2.33. The van der Waals surface area contributed by atoms with Crippen LogP contribution in [-0.4, -0.2) is 61.0 Å². The Morgan fingerprint density at radius 1 is 1.39 bits per heavy atom. The molecule has 1 amide bonds. The molecule has 0 saturated carbocycles. The first-order valence-corrected chi connectivity index (χ1v) is 6.85. The van der Waals surface area contributed by atoms with Crippen molar-refractivity contribution in [1.29, 1.82) is 0 Å². The van der Waals surface area contributed by atoms with E-state index in [1.807, 2.05) is 11.8 Å². The molecule has 0 aromatic carbocycles. The SMILES string of the molecule is CC1OCCC1C(=O)N1CCC(OCCO)CC1. The van der Waals surface area contributed by atoms with Crippen LogP contribution in [0, 0.1) is 5.92 Å². The van der Waals surface area contributed by atoms with Gasteiger partial charge in [-0.15, -0.1) is 0 Å². The van der Waals surface area contributed by atoms with Gasteiger partial charge in [0.15, 0.2) is 0 Å². The first-order valence-electron chi connectivity index (χ1n) is 6.85. The quantitative estimate of drug-likeness (QED) is 0.792. The largest absolute Gasteiger partial charge is 0.394 e. The molecule has 18 heavy (non-hydrogen) atoms. The highest BCUT2D eigenvalue weighted by atomic mass is 16.5. The van der Waals surface area contributed by atoms with Gasteiger partial charge in [-0.1, -0.05) is 0 Å². The first kappa shape index (κ1) is 13.8. The van der Waals surface area contributed by atoms with Gasteiger partial charge in [-0.2, -0.15) is 0 Å². The summed E-state index contributed by atoms with van der Waals surface area (Å²) in [7, 11) is 0. The number of aliphatic hydroxyl groups is 1. The third-order valence-corrected chi connectivity index (χ3v) is 3.89. The second-order valence-corrected chi connectivity index (χ2v) is 5.09. The van der Waals surface area contributed by atoms with Crippen LogP contribution >= 0.6 is 0 Å². The van der Waals surface area contributed by atoms with Crippen molar-refractivity contribution in [3.8, 4) is 0 Å². The highest BCUT2D eigenvalue weighted by Gasteiger charge is 2.35. The summed E-state index contributed by atoms with van der Waals surface area (Å²) in [5, 5.41) is 8.71. The van der Waals surface area contributed by atoms with Gasteiger partial charge in [-0.05, 0) is 26.2 Å². The van der Waals surface area contributed by atoms with E-state index >= 15 is 0 Å². The summed E-state index contributed by atoms with van der Waals surface area (Å²) in [6.07, 6.45) is 2.84. The van der Waals surface area contributed by atoms with Gasteiger partial charge in [0.1, 0.15) is 0 Å². The number of rotatable bonds is 4. The van der Waals surface area contributed by atoms with Gasteiger partial charge in [0.25, 0.3) is 0 Å². The van der Waals surface area contributed by atoms with Crippen LogP contribution in [0.3, 0.4) is 0 Å². The third-order valence-electron chi connectivity index (χ3n) is 3.89. The average molecular weight is 257 g/mol. The lowest BCUT2D eigenvalue weighted by molar-refractivity contribution is -0.139. The van der Waals surface area contributed by atoms with E-state index in [0.717, 1.165) is 32.4 Å². The van der Waals surface area contributed by atoms with Crippen LogP contribution in [-0.2, 0) is 14.3 Å². The van der Waals surface area contributed by atoms with Crippen molar-refractivity contribution < 1.29 is 19.4 Å². The molecule has 2 rings (SSSR count). The Kier molecular flexibility index (Phi) is 4.97. The molecule has 1 N–H and O–H groups in total. The Balaban J connectivity index is 1.77. The molecule has 2 fully saturated rings. The molecule has 104 valence electrons. The molecule has 0 spiro atoms. The Morgan fingerprint density at radius 3 is 2.67 bits per heavy atom. The highest BCUT2D eigenvalue weighted by molar-refractivity contribution is 5.79. The molecule has 2 aliphatic heterocycles. The summed E-state index contributed by atoms with van der Waals surface area (Å²) in [5.41, 5.74) is 0. The predicted molar refractivity (Wildman–Crippen MR) is 66.2 cm³/mol. The van der Waals surface area contributed by atoms with E-state index in [2.05, 4.69) is 0 Å². The number of carbonyl (C=O) groups is 1. The zero-order chi connectivity index (χ0) is 13.0. The molecular formula is C13H23NO4. The molecule has 0 aromatic heterocycles. The van der Waals surface area contributed by atoms with Crippen molar-refractivity contribution in [2.75, 3.05) is 32.9 Å². The molecule has 2 heterocycles. The number of carbonyl (C=O) groups excluding carboxylic acids is 1. The number of hydrogen-bond acceptors (Lipinski definition) is 4. The molecule has 5 heteroatoms. The summed E-state index contributed by atoms with van der Waals surface area (Å²) < 4.78 is 10.9. The third kappa shape index (κ3) is 3.22. The normalized spacial score (nSPS) is 29.8. The molecule has 0 bridgehead atoms. The average Bonchev–Trinajstić information content (AvgIpc) is 2.82. The van der Waals surface area contributed by atoms with E-state index in [9.17, 15) is 4.79 Å². The van der Waals surface area contributed by atoms with Gasteiger partial charge in [-0.3, -0.25) is 4.79 Å². The summed E-state index contributed by atoms with van der Waals surface area (Å²) in [5.74, 6) is 0.278. The highest BCUT2D eigenvalue weighted by Crippen LogP contribution is 2.24. The van der Waals surface area contributed by atoms with Crippen molar-refractivity contribution >= 4 is 5.91 Å². The summed E-state index contributed by atoms with van der Waals surface area (Å²) in [4.78, 5) is 14.2. The van der Waals surface area contributed by atoms with Crippen LogP contribution in [0.15, 0.2) is 0 Å². The van der Waals surface area contributed by atoms with Crippen molar-refractivity contribution in [3.05, 3.63) is 0 Å². The monoisotopic (exact) mass is 257 g/mol. The predicted octanol–water partition coefficient (Wildman–Crippen LogP) is 0.411. The van der Waals surface area contributed by atoms with Crippen molar-refractivity contribution in [3.63, 3.8) is 0 Å². The topological polar surface area (TPSA) is 59.0 Å². The molecule has 2 atom stereocenters. The number of amides is 1. The Bertz CT molecular complexity index is 276. The molecule has 2 unspecified atom stereocenters. The Hall–Kier alpha value is -0.650. The fourth-order valence-electron chi connectivity index (χ4n) is 2.75. The van der Waals surface area contributed by atoms with E-state index in [1.165, 1.54) is 0 Å². The fraction of sp³-hybridized carbons (Fsp3) is 0.923. The number of hydrogen-bond donors (Lipinski definition) is 1. The number of ether oxygens (including phenoxy) is 2. The zero-order valence-electron chi connectivity index (χ0n) is 11.0. The van der Waals surface area contributed by atoms with Crippen LogP contribution in [0.2, 0.25) is 0 Å². The molecule has 0 aliphatic carbocycles. The summed E-state index contributed by atoms with van der Waals surface area (Å²) >= 11 is 0. The molecule has 0 radical (unpaired) electrons. The summed E-state index contributed by atoms with van der Waals surface area (Å²) in [6.45, 7) is 4.67. The first-order chi connectivity index (χ1) is 8.72. The number of nitrogens with zero attached hydrogens (tertiary/aromatic N) is 1. The fourth-order valence-corrected chi connectivity index (χ4v) is 2.75. The van der Waals surface area contributed by atoms with E-state index < -0.39 is 0 Å². The summed E-state index contributed by atoms with van der Waals surface area (Å²) in [6, 6.07) is 0. The van der Waals surface area contributed by atoms with E-state index in [1.54, 1.807) is 0 Å². The Labute approximate surface area is 108 Å². The van der Waals surface area contributed by atoms with Crippen LogP contribution < -0.4 is 0 Å². The lowest BCUT2D eigenvalue weighted by atomic mass is 9.99. The van der Waals surface area contributed by atoms with Crippen LogP contribution in [0.5, 0.6) is 0 Å². The maximum absolute atomic E-state index is 12.3. The van der Waals surface area contributed by atoms with E-state index in [0.29, 0.717) is 13.2 Å². The van der Waals surface area contributed by atoms with E-state index in [4.69, 9.17) is 14.6 Å². The lowest BCUT2D eigenvalue weighted by Crippen LogP contribution is -2.45. The molecule has 2 saturated heterocycles. The van der Waals surface area contributed by atoms with Gasteiger partial charge in [0.05, 0.1) is 31.3 Å². The second kappa shape index (κ2) is 6.50. The van der Waals surface area contributed by atoms with Crippen LogP contribution in [0.4, 0.5) is 0 Å². The minimum absolute atomic E-state index is 0.0416. The maximum atomic E-state index is 12.3. The van der Waals surface area contributed by atoms with Gasteiger partial charge in [0, 0.05) is 19.7 Å². The van der Waals surface area contributed by atoms with E-state index in [-0.39, 0.29) is 30.6 Å². The van der Waals surface area contributed by atoms with Gasteiger partial charge < -0.3 is 19.5 Å². The van der Waals surface area contributed by atoms with Gasteiger partial charge >= 0.3 is 0 Å². The molecular weight excluding hydrogens is 234 g/mol. The molecule has 5 nitrogen and oxygen atoms in total. The maximum Gasteiger partial charge on any atom is 0.228 e. The van der Waals surface area contributed by atoms with Crippen molar-refractivity contribution in [2.45, 2.75) is 38.4 Å². The molecule has 2 aliphatic rings. The second-order valence-electron chi connectivity index (χ2n) is 5.09. The smallest absolute Gasteiger partial charge is 0.228 e. The number of aliphatic hydroxyl groups excluding tert-OH is 1. The van der Waals surface area contributed by atoms with Crippen molar-refractivity contribution in [1.82, 2.24) is 4.90 Å². The van der Waals surface area contributed by atoms with Crippen LogP contribution in [0.1, 0.15) is 26.2 Å². The number of piperidine rings is 1. The van der Waals surface area contributed by atoms with Gasteiger partial charge in [-0.25, -0.2) is 0 Å². The minimum Gasteiger partial charge on any atom is -0.394 e.